The number of hydrogen-bond acceptors (Lipinski definition) is 2. The largest absolute Gasteiger partial charge is 0.352 e. The summed E-state index contributed by atoms with van der Waals surface area (Å²) in [5, 5.41) is 4.36. The van der Waals surface area contributed by atoms with Crippen LogP contribution in [0.15, 0.2) is 29.2 Å². The lowest BCUT2D eigenvalue weighted by Gasteiger charge is -2.31. The van der Waals surface area contributed by atoms with Crippen LogP contribution in [0.5, 0.6) is 0 Å². The Kier molecular flexibility index (Phi) is 4.72. The van der Waals surface area contributed by atoms with Crippen molar-refractivity contribution in [1.29, 1.82) is 0 Å². The van der Waals surface area contributed by atoms with Crippen molar-refractivity contribution in [3.8, 4) is 0 Å². The molecule has 1 heterocycles. The minimum Gasteiger partial charge on any atom is -0.352 e. The first kappa shape index (κ1) is 14.5. The van der Waals surface area contributed by atoms with E-state index in [4.69, 9.17) is 0 Å². The monoisotopic (exact) mass is 353 g/mol. The van der Waals surface area contributed by atoms with Gasteiger partial charge in [0.1, 0.15) is 0 Å². The second kappa shape index (κ2) is 6.52. The number of alkyl halides is 1. The van der Waals surface area contributed by atoms with Crippen molar-refractivity contribution >= 4 is 33.6 Å². The van der Waals surface area contributed by atoms with Crippen LogP contribution in [0.4, 0.5) is 0 Å². The molecular weight excluding hydrogens is 334 g/mol. The summed E-state index contributed by atoms with van der Waals surface area (Å²) in [6.45, 7) is 0. The van der Waals surface area contributed by atoms with Crippen molar-refractivity contribution < 1.29 is 4.79 Å². The predicted octanol–water partition coefficient (Wildman–Crippen LogP) is 3.77. The third kappa shape index (κ3) is 3.06. The number of nitrogens with one attached hydrogen (secondary N) is 1. The second-order valence-electron chi connectivity index (χ2n) is 5.73. The van der Waals surface area contributed by atoms with Gasteiger partial charge < -0.3 is 5.32 Å². The van der Waals surface area contributed by atoms with Crippen LogP contribution in [-0.4, -0.2) is 22.5 Å². The summed E-state index contributed by atoms with van der Waals surface area (Å²) in [4.78, 5) is 13.8. The SMILES string of the molecule is O=C(NC1CCCCC1CBr)C1Cc2ccccc2S1. The molecule has 1 saturated carbocycles. The minimum absolute atomic E-state index is 0.0605. The highest BCUT2D eigenvalue weighted by Crippen LogP contribution is 2.37. The molecule has 3 rings (SSSR count). The topological polar surface area (TPSA) is 29.1 Å². The molecule has 0 aromatic heterocycles. The Bertz CT molecular complexity index is 468. The second-order valence-corrected chi connectivity index (χ2v) is 7.62. The van der Waals surface area contributed by atoms with Crippen molar-refractivity contribution in [2.24, 2.45) is 5.92 Å². The lowest BCUT2D eigenvalue weighted by molar-refractivity contribution is -0.121. The third-order valence-electron chi connectivity index (χ3n) is 4.37. The van der Waals surface area contributed by atoms with Crippen LogP contribution in [0.1, 0.15) is 31.2 Å². The number of thioether (sulfide) groups is 1. The highest BCUT2D eigenvalue weighted by atomic mass is 79.9. The Balaban J connectivity index is 1.60. The zero-order chi connectivity index (χ0) is 13.9. The van der Waals surface area contributed by atoms with E-state index in [9.17, 15) is 4.79 Å². The third-order valence-corrected chi connectivity index (χ3v) is 6.52. The Morgan fingerprint density at radius 3 is 2.90 bits per heavy atom. The molecule has 1 N–H and O–H groups in total. The van der Waals surface area contributed by atoms with Gasteiger partial charge in [0.25, 0.3) is 0 Å². The molecule has 1 fully saturated rings. The Hall–Kier alpha value is -0.480. The van der Waals surface area contributed by atoms with Gasteiger partial charge in [-0.25, -0.2) is 0 Å². The van der Waals surface area contributed by atoms with E-state index in [0.29, 0.717) is 12.0 Å². The molecule has 108 valence electrons. The Labute approximate surface area is 133 Å². The van der Waals surface area contributed by atoms with Crippen molar-refractivity contribution in [2.45, 2.75) is 48.3 Å². The van der Waals surface area contributed by atoms with Gasteiger partial charge in [-0.1, -0.05) is 47.0 Å². The van der Waals surface area contributed by atoms with Crippen LogP contribution in [-0.2, 0) is 11.2 Å². The average Bonchev–Trinajstić information content (AvgIpc) is 2.92. The van der Waals surface area contributed by atoms with Gasteiger partial charge in [0.05, 0.1) is 5.25 Å². The zero-order valence-corrected chi connectivity index (χ0v) is 13.9. The normalized spacial score (nSPS) is 28.9. The van der Waals surface area contributed by atoms with E-state index in [2.05, 4.69) is 39.4 Å². The molecule has 2 nitrogen and oxygen atoms in total. The molecule has 4 heteroatoms. The summed E-state index contributed by atoms with van der Waals surface area (Å²) >= 11 is 5.31. The molecule has 3 unspecified atom stereocenters. The summed E-state index contributed by atoms with van der Waals surface area (Å²) in [5.41, 5.74) is 1.32. The molecule has 1 aliphatic heterocycles. The van der Waals surface area contributed by atoms with Crippen LogP contribution in [0.2, 0.25) is 0 Å². The summed E-state index contributed by atoms with van der Waals surface area (Å²) in [7, 11) is 0. The van der Waals surface area contributed by atoms with E-state index in [1.165, 1.54) is 29.7 Å². The first-order valence-corrected chi connectivity index (χ1v) is 9.39. The maximum Gasteiger partial charge on any atom is 0.234 e. The molecule has 1 amide bonds. The van der Waals surface area contributed by atoms with Crippen LogP contribution < -0.4 is 5.32 Å². The van der Waals surface area contributed by atoms with Gasteiger partial charge in [-0.15, -0.1) is 11.8 Å². The first-order chi connectivity index (χ1) is 9.78. The van der Waals surface area contributed by atoms with Crippen molar-refractivity contribution in [2.75, 3.05) is 5.33 Å². The van der Waals surface area contributed by atoms with Crippen LogP contribution >= 0.6 is 27.7 Å². The highest BCUT2D eigenvalue weighted by Gasteiger charge is 2.32. The van der Waals surface area contributed by atoms with E-state index in [0.717, 1.165) is 18.2 Å². The Morgan fingerprint density at radius 1 is 1.30 bits per heavy atom. The van der Waals surface area contributed by atoms with Gasteiger partial charge in [-0.05, 0) is 36.8 Å². The molecule has 0 radical (unpaired) electrons. The number of rotatable bonds is 3. The van der Waals surface area contributed by atoms with Gasteiger partial charge in [0, 0.05) is 16.3 Å². The van der Waals surface area contributed by atoms with Gasteiger partial charge in [-0.3, -0.25) is 4.79 Å². The molecule has 3 atom stereocenters. The fourth-order valence-electron chi connectivity index (χ4n) is 3.19. The number of carbonyl (C=O) groups excluding carboxylic acids is 1. The smallest absolute Gasteiger partial charge is 0.234 e. The van der Waals surface area contributed by atoms with Crippen molar-refractivity contribution in [3.05, 3.63) is 29.8 Å². The number of benzene rings is 1. The molecule has 2 aliphatic rings. The van der Waals surface area contributed by atoms with E-state index in [1.807, 2.05) is 6.07 Å². The van der Waals surface area contributed by atoms with Crippen molar-refractivity contribution in [3.63, 3.8) is 0 Å². The van der Waals surface area contributed by atoms with Crippen molar-refractivity contribution in [1.82, 2.24) is 5.32 Å². The lowest BCUT2D eigenvalue weighted by Crippen LogP contribution is -2.46. The fraction of sp³-hybridized carbons (Fsp3) is 0.562. The maximum atomic E-state index is 12.5. The molecule has 1 aromatic rings. The minimum atomic E-state index is 0.0605. The maximum absolute atomic E-state index is 12.5. The first-order valence-electron chi connectivity index (χ1n) is 7.39. The summed E-state index contributed by atoms with van der Waals surface area (Å²) in [6.07, 6.45) is 5.78. The quantitative estimate of drug-likeness (QED) is 0.838. The van der Waals surface area contributed by atoms with Crippen LogP contribution in [0.3, 0.4) is 0 Å². The predicted molar refractivity (Wildman–Crippen MR) is 87.5 cm³/mol. The number of carbonyl (C=O) groups is 1. The number of fused-ring (bicyclic) bond motifs is 1. The van der Waals surface area contributed by atoms with Gasteiger partial charge in [0.15, 0.2) is 0 Å². The standard InChI is InChI=1S/C16H20BrNOS/c17-10-12-6-1-3-7-13(12)18-16(19)15-9-11-5-2-4-8-14(11)20-15/h2,4-5,8,12-13,15H,1,3,6-7,9-10H2,(H,18,19). The molecule has 1 aromatic carbocycles. The van der Waals surface area contributed by atoms with E-state index >= 15 is 0 Å². The number of hydrogen-bond donors (Lipinski definition) is 1. The van der Waals surface area contributed by atoms with Crippen LogP contribution in [0.25, 0.3) is 0 Å². The molecule has 0 bridgehead atoms. The number of amides is 1. The zero-order valence-electron chi connectivity index (χ0n) is 11.5. The van der Waals surface area contributed by atoms with Gasteiger partial charge >= 0.3 is 0 Å². The summed E-state index contributed by atoms with van der Waals surface area (Å²) in [5.74, 6) is 0.825. The van der Waals surface area contributed by atoms with Gasteiger partial charge in [0.2, 0.25) is 5.91 Å². The Morgan fingerprint density at radius 2 is 2.10 bits per heavy atom. The highest BCUT2D eigenvalue weighted by molar-refractivity contribution is 9.09. The van der Waals surface area contributed by atoms with E-state index in [-0.39, 0.29) is 11.2 Å². The molecule has 1 aliphatic carbocycles. The lowest BCUT2D eigenvalue weighted by atomic mass is 9.86. The fourth-order valence-corrected chi connectivity index (χ4v) is 5.17. The summed E-state index contributed by atoms with van der Waals surface area (Å²) < 4.78 is 0. The number of halogens is 1. The van der Waals surface area contributed by atoms with E-state index < -0.39 is 0 Å². The molecule has 20 heavy (non-hydrogen) atoms. The van der Waals surface area contributed by atoms with Gasteiger partial charge in [-0.2, -0.15) is 0 Å². The van der Waals surface area contributed by atoms with Crippen LogP contribution in [0, 0.1) is 5.92 Å². The van der Waals surface area contributed by atoms with E-state index in [1.54, 1.807) is 11.8 Å². The molecular formula is C16H20BrNOS. The average molecular weight is 354 g/mol. The molecule has 0 spiro atoms. The molecule has 0 saturated heterocycles. The summed E-state index contributed by atoms with van der Waals surface area (Å²) in [6, 6.07) is 8.72.